The summed E-state index contributed by atoms with van der Waals surface area (Å²) >= 11 is 0. The highest BCUT2D eigenvalue weighted by molar-refractivity contribution is 5.76. The average molecular weight is 551 g/mol. The largest absolute Gasteiger partial charge is 0.393 e. The van der Waals surface area contributed by atoms with Crippen molar-refractivity contribution >= 4 is 5.91 Å². The Labute approximate surface area is 242 Å². The molecule has 5 heteroatoms. The topological polar surface area (TPSA) is 64.0 Å². The highest BCUT2D eigenvalue weighted by Crippen LogP contribution is 2.68. The molecule has 40 heavy (non-hydrogen) atoms. The zero-order valence-electron chi connectivity index (χ0n) is 25.3. The number of hydrogen-bond acceptors (Lipinski definition) is 4. The first-order valence-electron chi connectivity index (χ1n) is 16.6. The van der Waals surface area contributed by atoms with Gasteiger partial charge in [-0.2, -0.15) is 0 Å². The molecule has 1 heterocycles. The fourth-order valence-corrected chi connectivity index (χ4v) is 10.9. The summed E-state index contributed by atoms with van der Waals surface area (Å²) in [6, 6.07) is 10.6. The lowest BCUT2D eigenvalue weighted by molar-refractivity contribution is -0.174. The summed E-state index contributed by atoms with van der Waals surface area (Å²) in [6.45, 7) is 12.0. The number of aliphatic hydroxyl groups is 2. The van der Waals surface area contributed by atoms with E-state index >= 15 is 0 Å². The highest BCUT2D eigenvalue weighted by atomic mass is 16.3. The monoisotopic (exact) mass is 550 g/mol. The maximum atomic E-state index is 13.2. The van der Waals surface area contributed by atoms with Crippen molar-refractivity contribution in [2.24, 2.45) is 46.3 Å². The van der Waals surface area contributed by atoms with Crippen molar-refractivity contribution in [2.75, 3.05) is 26.2 Å². The van der Waals surface area contributed by atoms with Gasteiger partial charge in [0.05, 0.1) is 12.2 Å². The van der Waals surface area contributed by atoms with Crippen LogP contribution in [0.1, 0.15) is 90.5 Å². The van der Waals surface area contributed by atoms with Crippen LogP contribution in [-0.2, 0) is 11.3 Å². The zero-order chi connectivity index (χ0) is 28.1. The summed E-state index contributed by atoms with van der Waals surface area (Å²) in [7, 11) is 0. The third-order valence-electron chi connectivity index (χ3n) is 13.2. The minimum atomic E-state index is -0.214. The first-order chi connectivity index (χ1) is 19.2. The van der Waals surface area contributed by atoms with E-state index in [0.717, 1.165) is 64.8 Å². The van der Waals surface area contributed by atoms with Crippen LogP contribution in [0.4, 0.5) is 0 Å². The van der Waals surface area contributed by atoms with Gasteiger partial charge in [0.25, 0.3) is 0 Å². The minimum absolute atomic E-state index is 0.173. The van der Waals surface area contributed by atoms with Crippen molar-refractivity contribution in [3.05, 3.63) is 35.9 Å². The van der Waals surface area contributed by atoms with Crippen molar-refractivity contribution in [3.63, 3.8) is 0 Å². The molecule has 6 rings (SSSR count). The average Bonchev–Trinajstić information content (AvgIpc) is 3.31. The summed E-state index contributed by atoms with van der Waals surface area (Å²) in [5, 5.41) is 21.9. The van der Waals surface area contributed by atoms with Crippen LogP contribution in [0.2, 0.25) is 0 Å². The lowest BCUT2D eigenvalue weighted by Gasteiger charge is -2.62. The molecule has 1 aromatic carbocycles. The molecule has 4 aliphatic carbocycles. The quantitative estimate of drug-likeness (QED) is 0.474. The summed E-state index contributed by atoms with van der Waals surface area (Å²) in [4.78, 5) is 17.8. The molecule has 4 saturated carbocycles. The van der Waals surface area contributed by atoms with Crippen LogP contribution in [0.3, 0.4) is 0 Å². The maximum absolute atomic E-state index is 13.2. The number of amides is 1. The van der Waals surface area contributed by atoms with Crippen LogP contribution in [-0.4, -0.2) is 64.3 Å². The second kappa shape index (κ2) is 11.3. The molecule has 0 aromatic heterocycles. The predicted molar refractivity (Wildman–Crippen MR) is 159 cm³/mol. The Morgan fingerprint density at radius 3 is 2.38 bits per heavy atom. The van der Waals surface area contributed by atoms with E-state index in [1.165, 1.54) is 31.2 Å². The Morgan fingerprint density at radius 1 is 0.925 bits per heavy atom. The molecule has 0 bridgehead atoms. The maximum Gasteiger partial charge on any atom is 0.222 e. The van der Waals surface area contributed by atoms with Gasteiger partial charge in [-0.05, 0) is 110 Å². The van der Waals surface area contributed by atoms with E-state index in [0.29, 0.717) is 47.8 Å². The van der Waals surface area contributed by atoms with Gasteiger partial charge < -0.3 is 15.1 Å². The second-order valence-corrected chi connectivity index (χ2v) is 15.1. The summed E-state index contributed by atoms with van der Waals surface area (Å²) in [6.07, 6.45) is 10.1. The molecular formula is C35H54N2O3. The summed E-state index contributed by atoms with van der Waals surface area (Å²) in [5.74, 6) is 3.63. The second-order valence-electron chi connectivity index (χ2n) is 15.1. The van der Waals surface area contributed by atoms with E-state index < -0.39 is 0 Å². The van der Waals surface area contributed by atoms with Crippen molar-refractivity contribution in [1.82, 2.24) is 9.80 Å². The molecule has 5 aliphatic rings. The van der Waals surface area contributed by atoms with E-state index in [-0.39, 0.29) is 23.0 Å². The molecule has 1 amide bonds. The number of piperazine rings is 1. The van der Waals surface area contributed by atoms with E-state index in [4.69, 9.17) is 0 Å². The Morgan fingerprint density at radius 2 is 1.62 bits per heavy atom. The highest BCUT2D eigenvalue weighted by Gasteiger charge is 2.62. The van der Waals surface area contributed by atoms with Crippen LogP contribution >= 0.6 is 0 Å². The zero-order valence-corrected chi connectivity index (χ0v) is 25.3. The molecule has 0 spiro atoms. The number of benzene rings is 1. The van der Waals surface area contributed by atoms with E-state index in [9.17, 15) is 15.0 Å². The number of carbonyl (C=O) groups excluding carboxylic acids is 1. The molecule has 5 fully saturated rings. The van der Waals surface area contributed by atoms with E-state index in [1.54, 1.807) is 0 Å². The van der Waals surface area contributed by atoms with Gasteiger partial charge in [0.15, 0.2) is 0 Å². The number of aliphatic hydroxyl groups excluding tert-OH is 2. The van der Waals surface area contributed by atoms with E-state index in [2.05, 4.69) is 60.9 Å². The van der Waals surface area contributed by atoms with Crippen LogP contribution in [0.5, 0.6) is 0 Å². The molecule has 1 aromatic rings. The van der Waals surface area contributed by atoms with Gasteiger partial charge in [-0.25, -0.2) is 0 Å². The van der Waals surface area contributed by atoms with Gasteiger partial charge in [-0.1, -0.05) is 51.1 Å². The van der Waals surface area contributed by atoms with Gasteiger partial charge in [-0.3, -0.25) is 9.69 Å². The fraction of sp³-hybridized carbons (Fsp3) is 0.800. The third kappa shape index (κ3) is 5.17. The molecule has 2 N–H and O–H groups in total. The van der Waals surface area contributed by atoms with Crippen LogP contribution in [0.25, 0.3) is 0 Å². The number of carbonyl (C=O) groups is 1. The van der Waals surface area contributed by atoms with Crippen LogP contribution in [0, 0.1) is 46.3 Å². The molecule has 1 saturated heterocycles. The first kappa shape index (κ1) is 28.7. The molecule has 10 atom stereocenters. The van der Waals surface area contributed by atoms with Gasteiger partial charge in [0, 0.05) is 39.1 Å². The number of hydrogen-bond donors (Lipinski definition) is 2. The standard InChI is InChI=1S/C35H54N2O3/c1-24(9-12-32(40)37-19-17-36(18-20-37)23-25-7-5-4-6-8-25)28-10-11-29-33-30(14-16-35(28,29)3)34(2)15-13-27(38)21-26(34)22-31(33)39/h4-8,24,26-31,33,38-39H,9-23H2,1-3H3/t24-,26+,27-,28-,29+,30+,31+,33+,34+,35-/m0/s1. The Bertz CT molecular complexity index is 1020. The first-order valence-corrected chi connectivity index (χ1v) is 16.6. The molecular weight excluding hydrogens is 496 g/mol. The molecule has 1 aliphatic heterocycles. The van der Waals surface area contributed by atoms with Crippen molar-refractivity contribution < 1.29 is 15.0 Å². The molecule has 0 radical (unpaired) electrons. The van der Waals surface area contributed by atoms with Crippen molar-refractivity contribution in [3.8, 4) is 0 Å². The van der Waals surface area contributed by atoms with Crippen molar-refractivity contribution in [1.29, 1.82) is 0 Å². The Hall–Kier alpha value is -1.43. The van der Waals surface area contributed by atoms with Gasteiger partial charge >= 0.3 is 0 Å². The third-order valence-corrected chi connectivity index (χ3v) is 13.2. The number of nitrogens with zero attached hydrogens (tertiary/aromatic N) is 2. The Balaban J connectivity index is 1.03. The summed E-state index contributed by atoms with van der Waals surface area (Å²) in [5.41, 5.74) is 1.91. The normalized spacial score (nSPS) is 42.5. The smallest absolute Gasteiger partial charge is 0.222 e. The van der Waals surface area contributed by atoms with Gasteiger partial charge in [0.1, 0.15) is 0 Å². The molecule has 222 valence electrons. The van der Waals surface area contributed by atoms with Crippen LogP contribution < -0.4 is 0 Å². The van der Waals surface area contributed by atoms with Gasteiger partial charge in [-0.15, -0.1) is 0 Å². The predicted octanol–water partition coefficient (Wildman–Crippen LogP) is 5.74. The van der Waals surface area contributed by atoms with Crippen LogP contribution in [0.15, 0.2) is 30.3 Å². The van der Waals surface area contributed by atoms with Crippen molar-refractivity contribution in [2.45, 2.75) is 104 Å². The minimum Gasteiger partial charge on any atom is -0.393 e. The number of fused-ring (bicyclic) bond motifs is 5. The fourth-order valence-electron chi connectivity index (χ4n) is 10.9. The summed E-state index contributed by atoms with van der Waals surface area (Å²) < 4.78 is 0. The number of rotatable bonds is 6. The SMILES string of the molecule is C[C@@H](CCC(=O)N1CCN(Cc2ccccc2)CC1)[C@@H]1CC[C@@H]2[C@H]3[C@H](O)C[C@H]4C[C@@H](O)CC[C@@]4(C)[C@@H]3CC[C@]21C. The van der Waals surface area contributed by atoms with Gasteiger partial charge in [0.2, 0.25) is 5.91 Å². The lowest BCUT2D eigenvalue weighted by atomic mass is 9.43. The lowest BCUT2D eigenvalue weighted by Crippen LogP contribution is -2.58. The molecule has 0 unspecified atom stereocenters. The molecule has 5 nitrogen and oxygen atoms in total. The van der Waals surface area contributed by atoms with E-state index in [1.807, 2.05) is 0 Å². The Kier molecular flexibility index (Phi) is 8.13.